The second-order valence-corrected chi connectivity index (χ2v) is 5.75. The Labute approximate surface area is 135 Å². The van der Waals surface area contributed by atoms with Gasteiger partial charge in [0.1, 0.15) is 10.8 Å². The third-order valence-electron chi connectivity index (χ3n) is 3.55. The van der Waals surface area contributed by atoms with Crippen LogP contribution in [0.2, 0.25) is 5.02 Å². The van der Waals surface area contributed by atoms with Gasteiger partial charge in [-0.05, 0) is 6.07 Å². The van der Waals surface area contributed by atoms with Crippen molar-refractivity contribution >= 4 is 17.4 Å². The van der Waals surface area contributed by atoms with E-state index in [1.807, 2.05) is 0 Å². The van der Waals surface area contributed by atoms with Crippen molar-refractivity contribution in [1.82, 2.24) is 15.0 Å². The van der Waals surface area contributed by atoms with Crippen LogP contribution in [0, 0.1) is 5.95 Å². The topological polar surface area (TPSA) is 102 Å². The normalized spacial score (nSPS) is 21.5. The van der Waals surface area contributed by atoms with Crippen LogP contribution in [0.1, 0.15) is 6.42 Å². The van der Waals surface area contributed by atoms with Gasteiger partial charge in [0.05, 0.1) is 12.2 Å². The van der Waals surface area contributed by atoms with Gasteiger partial charge in [0.25, 0.3) is 5.56 Å². The molecule has 2 atom stereocenters. The fourth-order valence-electron chi connectivity index (χ4n) is 2.56. The molecule has 0 aliphatic carbocycles. The Morgan fingerprint density at radius 2 is 2.04 bits per heavy atom. The molecule has 1 saturated heterocycles. The van der Waals surface area contributed by atoms with Crippen LogP contribution in [-0.4, -0.2) is 50.5 Å². The van der Waals surface area contributed by atoms with Crippen molar-refractivity contribution in [2.24, 2.45) is 0 Å². The summed E-state index contributed by atoms with van der Waals surface area (Å²) in [4.78, 5) is 23.8. The smallest absolute Gasteiger partial charge is 0.272 e. The summed E-state index contributed by atoms with van der Waals surface area (Å²) in [5.41, 5.74) is -0.246. The minimum atomic E-state index is -0.752. The highest BCUT2D eigenvalue weighted by Crippen LogP contribution is 2.26. The Bertz CT molecular complexity index is 775. The maximum Gasteiger partial charge on any atom is 0.272 e. The molecule has 7 nitrogen and oxygen atoms in total. The molecule has 0 radical (unpaired) electrons. The van der Waals surface area contributed by atoms with E-state index >= 15 is 0 Å². The lowest BCUT2D eigenvalue weighted by atomic mass is 10.1. The number of nitrogens with one attached hydrogen (secondary N) is 1. The van der Waals surface area contributed by atoms with Gasteiger partial charge in [0.15, 0.2) is 5.82 Å². The molecular formula is C14H14ClFN4O3. The number of hydrogen-bond donors (Lipinski definition) is 3. The van der Waals surface area contributed by atoms with Gasteiger partial charge >= 0.3 is 0 Å². The van der Waals surface area contributed by atoms with Crippen LogP contribution in [0.15, 0.2) is 23.1 Å². The molecule has 3 heterocycles. The lowest BCUT2D eigenvalue weighted by molar-refractivity contribution is 0.0648. The molecule has 122 valence electrons. The molecule has 0 amide bonds. The van der Waals surface area contributed by atoms with Crippen molar-refractivity contribution in [3.8, 4) is 11.4 Å². The molecule has 0 aromatic carbocycles. The predicted octanol–water partition coefficient (Wildman–Crippen LogP) is 0.556. The van der Waals surface area contributed by atoms with E-state index in [0.29, 0.717) is 5.56 Å². The highest BCUT2D eigenvalue weighted by Gasteiger charge is 2.28. The summed E-state index contributed by atoms with van der Waals surface area (Å²) in [5, 5.41) is 19.4. The minimum Gasteiger partial charge on any atom is -0.391 e. The number of hydrogen-bond acceptors (Lipinski definition) is 6. The number of anilines is 1. The Morgan fingerprint density at radius 3 is 2.70 bits per heavy atom. The summed E-state index contributed by atoms with van der Waals surface area (Å²) in [7, 11) is 0. The zero-order valence-corrected chi connectivity index (χ0v) is 12.7. The van der Waals surface area contributed by atoms with Crippen LogP contribution in [-0.2, 0) is 0 Å². The van der Waals surface area contributed by atoms with Crippen molar-refractivity contribution in [2.75, 3.05) is 18.0 Å². The molecule has 1 aliphatic rings. The van der Waals surface area contributed by atoms with E-state index < -0.39 is 23.7 Å². The van der Waals surface area contributed by atoms with Gasteiger partial charge in [-0.3, -0.25) is 4.79 Å². The Kier molecular flexibility index (Phi) is 4.29. The molecule has 2 aromatic heterocycles. The average Bonchev–Trinajstić information content (AvgIpc) is 2.49. The van der Waals surface area contributed by atoms with Crippen LogP contribution in [0.3, 0.4) is 0 Å². The van der Waals surface area contributed by atoms with Crippen LogP contribution in [0.4, 0.5) is 10.2 Å². The standard InChI is InChI=1S/C14H14ClFN4O3/c15-11-13(20-5-8(21)4-9(22)6-20)18-12(19-14(11)23)7-1-2-17-10(16)3-7/h1-3,8-9,21-22H,4-6H2,(H,18,19,23)/t8-,9+. The van der Waals surface area contributed by atoms with E-state index in [-0.39, 0.29) is 36.2 Å². The average molecular weight is 341 g/mol. The summed E-state index contributed by atoms with van der Waals surface area (Å²) in [6, 6.07) is 2.63. The van der Waals surface area contributed by atoms with Crippen LogP contribution >= 0.6 is 11.6 Å². The van der Waals surface area contributed by atoms with Gasteiger partial charge in [-0.15, -0.1) is 0 Å². The van der Waals surface area contributed by atoms with Crippen molar-refractivity contribution in [1.29, 1.82) is 0 Å². The number of β-amino-alcohol motifs (C(OH)–C–C–N with tert-alkyl or cyclic N) is 2. The van der Waals surface area contributed by atoms with E-state index in [1.165, 1.54) is 17.2 Å². The summed E-state index contributed by atoms with van der Waals surface area (Å²) in [5.74, 6) is -0.434. The molecule has 23 heavy (non-hydrogen) atoms. The Balaban J connectivity index is 2.05. The molecule has 3 rings (SSSR count). The summed E-state index contributed by atoms with van der Waals surface area (Å²) in [6.45, 7) is 0.384. The van der Waals surface area contributed by atoms with Gasteiger partial charge < -0.3 is 20.1 Å². The van der Waals surface area contributed by atoms with Crippen molar-refractivity contribution in [2.45, 2.75) is 18.6 Å². The maximum atomic E-state index is 13.3. The number of aromatic amines is 1. The first-order valence-corrected chi connectivity index (χ1v) is 7.34. The summed E-state index contributed by atoms with van der Waals surface area (Å²) < 4.78 is 13.3. The number of pyridine rings is 1. The molecule has 3 N–H and O–H groups in total. The molecule has 0 saturated carbocycles. The molecule has 9 heteroatoms. The zero-order chi connectivity index (χ0) is 16.6. The predicted molar refractivity (Wildman–Crippen MR) is 81.9 cm³/mol. The maximum absolute atomic E-state index is 13.3. The monoisotopic (exact) mass is 340 g/mol. The lowest BCUT2D eigenvalue weighted by Crippen LogP contribution is -2.46. The van der Waals surface area contributed by atoms with E-state index in [2.05, 4.69) is 15.0 Å². The number of halogens is 2. The number of piperidine rings is 1. The van der Waals surface area contributed by atoms with E-state index in [1.54, 1.807) is 0 Å². The van der Waals surface area contributed by atoms with Crippen LogP contribution in [0.5, 0.6) is 0 Å². The molecule has 0 spiro atoms. The third kappa shape index (κ3) is 3.34. The van der Waals surface area contributed by atoms with E-state index in [9.17, 15) is 19.4 Å². The lowest BCUT2D eigenvalue weighted by Gasteiger charge is -2.34. The van der Waals surface area contributed by atoms with Gasteiger partial charge in [0, 0.05) is 37.3 Å². The Morgan fingerprint density at radius 1 is 1.35 bits per heavy atom. The molecular weight excluding hydrogens is 327 g/mol. The van der Waals surface area contributed by atoms with Gasteiger partial charge in [-0.2, -0.15) is 4.39 Å². The fraction of sp³-hybridized carbons (Fsp3) is 0.357. The minimum absolute atomic E-state index is 0.130. The number of aromatic nitrogens is 3. The van der Waals surface area contributed by atoms with Crippen molar-refractivity contribution in [3.05, 3.63) is 39.7 Å². The highest BCUT2D eigenvalue weighted by atomic mass is 35.5. The summed E-state index contributed by atoms with van der Waals surface area (Å²) >= 11 is 6.02. The molecule has 2 aromatic rings. The second-order valence-electron chi connectivity index (χ2n) is 5.37. The Hall–Kier alpha value is -2.03. The number of nitrogens with zero attached hydrogens (tertiary/aromatic N) is 3. The third-order valence-corrected chi connectivity index (χ3v) is 3.89. The van der Waals surface area contributed by atoms with E-state index in [4.69, 9.17) is 11.6 Å². The van der Waals surface area contributed by atoms with Crippen molar-refractivity contribution in [3.63, 3.8) is 0 Å². The van der Waals surface area contributed by atoms with Crippen molar-refractivity contribution < 1.29 is 14.6 Å². The SMILES string of the molecule is O=c1[nH]c(-c2ccnc(F)c2)nc(N2C[C@H](O)C[C@H](O)C2)c1Cl. The van der Waals surface area contributed by atoms with Crippen LogP contribution < -0.4 is 10.5 Å². The van der Waals surface area contributed by atoms with Crippen LogP contribution in [0.25, 0.3) is 11.4 Å². The molecule has 1 fully saturated rings. The summed E-state index contributed by atoms with van der Waals surface area (Å²) in [6.07, 6.45) is 0.00281. The largest absolute Gasteiger partial charge is 0.391 e. The highest BCUT2D eigenvalue weighted by molar-refractivity contribution is 6.32. The molecule has 0 bridgehead atoms. The van der Waals surface area contributed by atoms with Gasteiger partial charge in [0.2, 0.25) is 5.95 Å². The fourth-order valence-corrected chi connectivity index (χ4v) is 2.77. The number of H-pyrrole nitrogens is 1. The molecule has 0 unspecified atom stereocenters. The van der Waals surface area contributed by atoms with Gasteiger partial charge in [-0.25, -0.2) is 9.97 Å². The number of aliphatic hydroxyl groups is 2. The zero-order valence-electron chi connectivity index (χ0n) is 11.9. The number of aliphatic hydroxyl groups excluding tert-OH is 2. The first-order chi connectivity index (χ1) is 10.9. The number of rotatable bonds is 2. The first-order valence-electron chi connectivity index (χ1n) is 6.97. The quantitative estimate of drug-likeness (QED) is 0.690. The second kappa shape index (κ2) is 6.23. The first kappa shape index (κ1) is 15.9. The molecule has 1 aliphatic heterocycles. The van der Waals surface area contributed by atoms with Gasteiger partial charge in [-0.1, -0.05) is 11.6 Å². The van der Waals surface area contributed by atoms with E-state index in [0.717, 1.165) is 6.07 Å².